The molecule has 0 bridgehead atoms. The fraction of sp³-hybridized carbons (Fsp3) is 0.286. The van der Waals surface area contributed by atoms with Gasteiger partial charge in [-0.1, -0.05) is 30.3 Å². The van der Waals surface area contributed by atoms with Crippen LogP contribution in [0.1, 0.15) is 36.7 Å². The van der Waals surface area contributed by atoms with Gasteiger partial charge in [-0.05, 0) is 37.1 Å². The second-order valence-corrected chi connectivity index (χ2v) is 7.74. The van der Waals surface area contributed by atoms with Crippen molar-refractivity contribution in [1.82, 2.24) is 9.88 Å². The van der Waals surface area contributed by atoms with Crippen molar-refractivity contribution in [3.63, 3.8) is 0 Å². The van der Waals surface area contributed by atoms with E-state index < -0.39 is 0 Å². The number of likely N-dealkylation sites (tertiary alicyclic amines) is 1. The lowest BCUT2D eigenvalue weighted by atomic mass is 10.2. The van der Waals surface area contributed by atoms with Crippen LogP contribution in [0.3, 0.4) is 0 Å². The van der Waals surface area contributed by atoms with Gasteiger partial charge in [0.15, 0.2) is 0 Å². The van der Waals surface area contributed by atoms with E-state index in [0.29, 0.717) is 0 Å². The van der Waals surface area contributed by atoms with Crippen LogP contribution in [0.25, 0.3) is 10.2 Å². The van der Waals surface area contributed by atoms with Crippen molar-refractivity contribution < 1.29 is 9.59 Å². The number of hydrogen-bond donors (Lipinski definition) is 1. The van der Waals surface area contributed by atoms with Crippen LogP contribution in [0, 0.1) is 0 Å². The molecule has 0 radical (unpaired) electrons. The maximum Gasteiger partial charge on any atom is 0.224 e. The first-order valence-electron chi connectivity index (χ1n) is 9.20. The topological polar surface area (TPSA) is 62.3 Å². The number of amides is 2. The van der Waals surface area contributed by atoms with Gasteiger partial charge < -0.3 is 10.2 Å². The summed E-state index contributed by atoms with van der Waals surface area (Å²) < 4.78 is 1.15. The zero-order valence-corrected chi connectivity index (χ0v) is 15.7. The maximum atomic E-state index is 12.7. The third kappa shape index (κ3) is 4.01. The van der Waals surface area contributed by atoms with Crippen LogP contribution in [0.5, 0.6) is 0 Å². The Morgan fingerprint density at radius 3 is 2.67 bits per heavy atom. The molecule has 1 aliphatic rings. The molecule has 0 aliphatic carbocycles. The first-order chi connectivity index (χ1) is 13.2. The number of carbonyl (C=O) groups excluding carboxylic acids is 2. The Hall–Kier alpha value is -2.73. The Kier molecular flexibility index (Phi) is 5.16. The second kappa shape index (κ2) is 7.88. The summed E-state index contributed by atoms with van der Waals surface area (Å²) in [6.45, 7) is 0.736. The third-order valence-corrected chi connectivity index (χ3v) is 5.93. The van der Waals surface area contributed by atoms with Gasteiger partial charge in [-0.15, -0.1) is 11.3 Å². The number of benzene rings is 2. The van der Waals surface area contributed by atoms with Gasteiger partial charge in [-0.3, -0.25) is 9.59 Å². The summed E-state index contributed by atoms with van der Waals surface area (Å²) in [4.78, 5) is 31.5. The highest BCUT2D eigenvalue weighted by Crippen LogP contribution is 2.36. The molecule has 27 heavy (non-hydrogen) atoms. The van der Waals surface area contributed by atoms with Crippen molar-refractivity contribution in [3.8, 4) is 0 Å². The van der Waals surface area contributed by atoms with Crippen LogP contribution in [0.4, 0.5) is 5.69 Å². The fourth-order valence-electron chi connectivity index (χ4n) is 3.46. The van der Waals surface area contributed by atoms with Crippen molar-refractivity contribution >= 4 is 39.1 Å². The zero-order valence-electron chi connectivity index (χ0n) is 14.9. The van der Waals surface area contributed by atoms with E-state index in [0.717, 1.165) is 40.3 Å². The van der Waals surface area contributed by atoms with Gasteiger partial charge >= 0.3 is 0 Å². The number of hydrogen-bond acceptors (Lipinski definition) is 4. The molecule has 0 spiro atoms. The molecule has 3 aromatic rings. The molecule has 6 heteroatoms. The highest BCUT2D eigenvalue weighted by molar-refractivity contribution is 7.18. The number of fused-ring (bicyclic) bond motifs is 1. The largest absolute Gasteiger partial charge is 0.333 e. The van der Waals surface area contributed by atoms with E-state index in [1.807, 2.05) is 53.4 Å². The Bertz CT molecular complexity index is 921. The zero-order chi connectivity index (χ0) is 18.6. The van der Waals surface area contributed by atoms with Crippen molar-refractivity contribution in [3.05, 3.63) is 59.6 Å². The predicted molar refractivity (Wildman–Crippen MR) is 108 cm³/mol. The highest BCUT2D eigenvalue weighted by Gasteiger charge is 2.32. The Balaban J connectivity index is 1.38. The van der Waals surface area contributed by atoms with Crippen molar-refractivity contribution in [2.75, 3.05) is 11.9 Å². The molecule has 1 fully saturated rings. The number of nitrogens with one attached hydrogen (secondary N) is 1. The molecule has 138 valence electrons. The molecule has 5 nitrogen and oxygen atoms in total. The molecule has 1 aromatic heterocycles. The van der Waals surface area contributed by atoms with E-state index in [2.05, 4.69) is 11.4 Å². The molecule has 2 heterocycles. The smallest absolute Gasteiger partial charge is 0.224 e. The van der Waals surface area contributed by atoms with E-state index >= 15 is 0 Å². The van der Waals surface area contributed by atoms with Gasteiger partial charge in [0.05, 0.1) is 16.3 Å². The summed E-state index contributed by atoms with van der Waals surface area (Å²) in [6, 6.07) is 17.4. The SMILES string of the molecule is O=C(CCC(=O)N1CCC[C@H]1c1nc2ccccc2s1)Nc1ccccc1. The normalized spacial score (nSPS) is 16.6. The molecule has 4 rings (SSSR count). The van der Waals surface area contributed by atoms with Crippen LogP contribution >= 0.6 is 11.3 Å². The summed E-state index contributed by atoms with van der Waals surface area (Å²) in [5.74, 6) is -0.106. The summed E-state index contributed by atoms with van der Waals surface area (Å²) in [6.07, 6.45) is 2.32. The Morgan fingerprint density at radius 2 is 1.85 bits per heavy atom. The van der Waals surface area contributed by atoms with Crippen LogP contribution in [0.2, 0.25) is 0 Å². The summed E-state index contributed by atoms with van der Waals surface area (Å²) >= 11 is 1.66. The van der Waals surface area contributed by atoms with E-state index in [1.54, 1.807) is 11.3 Å². The quantitative estimate of drug-likeness (QED) is 0.716. The van der Waals surface area contributed by atoms with Crippen LogP contribution in [0.15, 0.2) is 54.6 Å². The van der Waals surface area contributed by atoms with E-state index in [4.69, 9.17) is 4.98 Å². The molecule has 1 atom stereocenters. The fourth-order valence-corrected chi connectivity index (χ4v) is 4.58. The first-order valence-corrected chi connectivity index (χ1v) is 10.0. The minimum atomic E-state index is -0.134. The first kappa shape index (κ1) is 17.7. The van der Waals surface area contributed by atoms with Crippen molar-refractivity contribution in [1.29, 1.82) is 0 Å². The van der Waals surface area contributed by atoms with E-state index in [1.165, 1.54) is 0 Å². The Labute approximate surface area is 162 Å². The van der Waals surface area contributed by atoms with Crippen molar-refractivity contribution in [2.24, 2.45) is 0 Å². The minimum absolute atomic E-state index is 0.0277. The average Bonchev–Trinajstić information content (AvgIpc) is 3.33. The average molecular weight is 379 g/mol. The van der Waals surface area contributed by atoms with E-state index in [-0.39, 0.29) is 30.7 Å². The van der Waals surface area contributed by atoms with Gasteiger partial charge in [-0.25, -0.2) is 4.98 Å². The van der Waals surface area contributed by atoms with Gasteiger partial charge in [0, 0.05) is 25.1 Å². The van der Waals surface area contributed by atoms with Gasteiger partial charge in [0.25, 0.3) is 0 Å². The van der Waals surface area contributed by atoms with Crippen LogP contribution < -0.4 is 5.32 Å². The number of thiazole rings is 1. The molecular weight excluding hydrogens is 358 g/mol. The standard InChI is InChI=1S/C21H21N3O2S/c25-19(22-15-7-2-1-3-8-15)12-13-20(26)24-14-6-10-17(24)21-23-16-9-4-5-11-18(16)27-21/h1-5,7-9,11,17H,6,10,12-14H2,(H,22,25)/t17-/m0/s1. The molecule has 2 amide bonds. The molecule has 1 saturated heterocycles. The molecular formula is C21H21N3O2S. The van der Waals surface area contributed by atoms with Gasteiger partial charge in [0.1, 0.15) is 5.01 Å². The number of rotatable bonds is 5. The van der Waals surface area contributed by atoms with Crippen molar-refractivity contribution in [2.45, 2.75) is 31.7 Å². The Morgan fingerprint density at radius 1 is 1.07 bits per heavy atom. The molecule has 0 saturated carbocycles. The van der Waals surface area contributed by atoms with Gasteiger partial charge in [-0.2, -0.15) is 0 Å². The third-order valence-electron chi connectivity index (χ3n) is 4.79. The maximum absolute atomic E-state index is 12.7. The lowest BCUT2D eigenvalue weighted by Crippen LogP contribution is -2.31. The highest BCUT2D eigenvalue weighted by atomic mass is 32.1. The van der Waals surface area contributed by atoms with E-state index in [9.17, 15) is 9.59 Å². The number of carbonyl (C=O) groups is 2. The monoisotopic (exact) mass is 379 g/mol. The molecule has 0 unspecified atom stereocenters. The summed E-state index contributed by atoms with van der Waals surface area (Å²) in [5, 5.41) is 3.82. The van der Waals surface area contributed by atoms with Crippen LogP contribution in [-0.4, -0.2) is 28.2 Å². The molecule has 2 aromatic carbocycles. The lowest BCUT2D eigenvalue weighted by molar-refractivity contribution is -0.133. The van der Waals surface area contributed by atoms with Gasteiger partial charge in [0.2, 0.25) is 11.8 Å². The lowest BCUT2D eigenvalue weighted by Gasteiger charge is -2.23. The van der Waals surface area contributed by atoms with Crippen LogP contribution in [-0.2, 0) is 9.59 Å². The molecule has 1 aliphatic heterocycles. The summed E-state index contributed by atoms with van der Waals surface area (Å²) in [7, 11) is 0. The number of aromatic nitrogens is 1. The minimum Gasteiger partial charge on any atom is -0.333 e. The number of para-hydroxylation sites is 2. The number of nitrogens with zero attached hydrogens (tertiary/aromatic N) is 2. The molecule has 1 N–H and O–H groups in total. The summed E-state index contributed by atoms with van der Waals surface area (Å²) in [5.41, 5.74) is 1.74. The predicted octanol–water partition coefficient (Wildman–Crippen LogP) is 4.38. The second-order valence-electron chi connectivity index (χ2n) is 6.68. The number of anilines is 1.